The van der Waals surface area contributed by atoms with Gasteiger partial charge in [-0.2, -0.15) is 5.10 Å². The lowest BCUT2D eigenvalue weighted by atomic mass is 10.4. The molecule has 2 heterocycles. The number of hydrogen-bond acceptors (Lipinski definition) is 5. The molecule has 2 rings (SSSR count). The number of aromatic nitrogens is 2. The Labute approximate surface area is 99.8 Å². The van der Waals surface area contributed by atoms with Crippen molar-refractivity contribution in [1.29, 1.82) is 0 Å². The van der Waals surface area contributed by atoms with Gasteiger partial charge >= 0.3 is 0 Å². The van der Waals surface area contributed by atoms with Crippen molar-refractivity contribution in [3.05, 3.63) is 42.0 Å². The average molecular weight is 233 g/mol. The zero-order chi connectivity index (χ0) is 11.9. The predicted molar refractivity (Wildman–Crippen MR) is 62.5 cm³/mol. The quantitative estimate of drug-likeness (QED) is 0.823. The molecule has 0 aliphatic heterocycles. The number of rotatable bonds is 6. The molecule has 17 heavy (non-hydrogen) atoms. The molecule has 0 bridgehead atoms. The molecular weight excluding hydrogens is 218 g/mol. The van der Waals surface area contributed by atoms with Gasteiger partial charge < -0.3 is 14.5 Å². The van der Waals surface area contributed by atoms with Crippen LogP contribution in [-0.4, -0.2) is 16.7 Å². The molecule has 2 aromatic rings. The smallest absolute Gasteiger partial charge is 0.233 e. The van der Waals surface area contributed by atoms with Gasteiger partial charge in [-0.05, 0) is 24.7 Å². The molecule has 2 aromatic heterocycles. The average Bonchev–Trinajstić information content (AvgIpc) is 2.88. The summed E-state index contributed by atoms with van der Waals surface area (Å²) in [4.78, 5) is 0. The van der Waals surface area contributed by atoms with Gasteiger partial charge in [0.25, 0.3) is 0 Å². The van der Waals surface area contributed by atoms with Gasteiger partial charge in [-0.3, -0.25) is 0 Å². The Morgan fingerprint density at radius 2 is 2.24 bits per heavy atom. The van der Waals surface area contributed by atoms with Gasteiger partial charge in [-0.1, -0.05) is 6.92 Å². The second kappa shape index (κ2) is 6.00. The van der Waals surface area contributed by atoms with Gasteiger partial charge in [-0.15, -0.1) is 5.10 Å². The predicted octanol–water partition coefficient (Wildman–Crippen LogP) is 1.76. The molecule has 0 amide bonds. The van der Waals surface area contributed by atoms with E-state index in [1.54, 1.807) is 6.26 Å². The summed E-state index contributed by atoms with van der Waals surface area (Å²) in [5, 5.41) is 11.2. The molecule has 5 nitrogen and oxygen atoms in total. The molecule has 0 saturated carbocycles. The van der Waals surface area contributed by atoms with E-state index in [1.165, 1.54) is 0 Å². The molecule has 0 spiro atoms. The summed E-state index contributed by atoms with van der Waals surface area (Å²) in [6.07, 6.45) is 1.61. The molecule has 90 valence electrons. The second-order valence-electron chi connectivity index (χ2n) is 3.51. The fraction of sp³-hybridized carbons (Fsp3) is 0.333. The standard InChI is InChI=1S/C12H15N3O2/c1-2-13-8-10-5-6-12(15-14-10)17-9-11-4-3-7-16-11/h3-7,13H,2,8-9H2,1H3. The van der Waals surface area contributed by atoms with Crippen LogP contribution in [0.4, 0.5) is 0 Å². The minimum absolute atomic E-state index is 0.369. The third-order valence-electron chi connectivity index (χ3n) is 2.19. The zero-order valence-electron chi connectivity index (χ0n) is 9.72. The van der Waals surface area contributed by atoms with Crippen LogP contribution in [0.1, 0.15) is 18.4 Å². The van der Waals surface area contributed by atoms with Crippen molar-refractivity contribution in [3.63, 3.8) is 0 Å². The maximum Gasteiger partial charge on any atom is 0.233 e. The molecule has 1 N–H and O–H groups in total. The highest BCUT2D eigenvalue weighted by molar-refractivity contribution is 5.11. The first-order valence-corrected chi connectivity index (χ1v) is 5.57. The van der Waals surface area contributed by atoms with Crippen molar-refractivity contribution >= 4 is 0 Å². The van der Waals surface area contributed by atoms with Crippen LogP contribution >= 0.6 is 0 Å². The van der Waals surface area contributed by atoms with Crippen LogP contribution in [0, 0.1) is 0 Å². The van der Waals surface area contributed by atoms with Gasteiger partial charge in [0.1, 0.15) is 12.4 Å². The van der Waals surface area contributed by atoms with E-state index in [0.29, 0.717) is 12.5 Å². The SMILES string of the molecule is CCNCc1ccc(OCc2ccco2)nn1. The highest BCUT2D eigenvalue weighted by atomic mass is 16.5. The first kappa shape index (κ1) is 11.6. The summed E-state index contributed by atoms with van der Waals surface area (Å²) in [7, 11) is 0. The van der Waals surface area contributed by atoms with E-state index >= 15 is 0 Å². The fourth-order valence-electron chi connectivity index (χ4n) is 1.31. The number of ether oxygens (including phenoxy) is 1. The normalized spacial score (nSPS) is 10.4. The molecule has 0 atom stereocenters. The van der Waals surface area contributed by atoms with E-state index in [-0.39, 0.29) is 0 Å². The van der Waals surface area contributed by atoms with Gasteiger partial charge in [0.2, 0.25) is 5.88 Å². The highest BCUT2D eigenvalue weighted by Gasteiger charge is 2.00. The van der Waals surface area contributed by atoms with Crippen LogP contribution in [0.25, 0.3) is 0 Å². The number of nitrogens with zero attached hydrogens (tertiary/aromatic N) is 2. The molecule has 0 aliphatic rings. The Morgan fingerprint density at radius 3 is 2.88 bits per heavy atom. The van der Waals surface area contributed by atoms with E-state index in [2.05, 4.69) is 15.5 Å². The van der Waals surface area contributed by atoms with Crippen molar-refractivity contribution in [2.24, 2.45) is 0 Å². The third kappa shape index (κ3) is 3.57. The minimum Gasteiger partial charge on any atom is -0.468 e. The largest absolute Gasteiger partial charge is 0.468 e. The molecule has 0 aromatic carbocycles. The number of hydrogen-bond donors (Lipinski definition) is 1. The van der Waals surface area contributed by atoms with Crippen LogP contribution in [0.5, 0.6) is 5.88 Å². The fourth-order valence-corrected chi connectivity index (χ4v) is 1.31. The van der Waals surface area contributed by atoms with Gasteiger partial charge in [-0.25, -0.2) is 0 Å². The van der Waals surface area contributed by atoms with Crippen LogP contribution in [0.2, 0.25) is 0 Å². The van der Waals surface area contributed by atoms with Crippen molar-refractivity contribution in [2.45, 2.75) is 20.1 Å². The van der Waals surface area contributed by atoms with Crippen LogP contribution in [0.3, 0.4) is 0 Å². The molecule has 0 saturated heterocycles. The molecule has 0 unspecified atom stereocenters. The second-order valence-corrected chi connectivity index (χ2v) is 3.51. The van der Waals surface area contributed by atoms with Crippen LogP contribution < -0.4 is 10.1 Å². The van der Waals surface area contributed by atoms with Gasteiger partial charge in [0, 0.05) is 12.6 Å². The van der Waals surface area contributed by atoms with Crippen molar-refractivity contribution < 1.29 is 9.15 Å². The third-order valence-corrected chi connectivity index (χ3v) is 2.19. The Hall–Kier alpha value is -1.88. The van der Waals surface area contributed by atoms with Gasteiger partial charge in [0.15, 0.2) is 0 Å². The minimum atomic E-state index is 0.369. The molecule has 0 radical (unpaired) electrons. The zero-order valence-corrected chi connectivity index (χ0v) is 9.72. The van der Waals surface area contributed by atoms with E-state index in [1.807, 2.05) is 31.2 Å². The molecular formula is C12H15N3O2. The van der Waals surface area contributed by atoms with Crippen LogP contribution in [0.15, 0.2) is 34.9 Å². The summed E-state index contributed by atoms with van der Waals surface area (Å²) in [5.41, 5.74) is 0.900. The Balaban J connectivity index is 1.85. The summed E-state index contributed by atoms with van der Waals surface area (Å²) in [5.74, 6) is 1.27. The molecule has 0 aliphatic carbocycles. The lowest BCUT2D eigenvalue weighted by Crippen LogP contribution is -2.13. The number of furan rings is 1. The lowest BCUT2D eigenvalue weighted by Gasteiger charge is -2.03. The van der Waals surface area contributed by atoms with Crippen molar-refractivity contribution in [3.8, 4) is 5.88 Å². The van der Waals surface area contributed by atoms with E-state index in [4.69, 9.17) is 9.15 Å². The molecule has 5 heteroatoms. The van der Waals surface area contributed by atoms with Crippen LogP contribution in [-0.2, 0) is 13.2 Å². The van der Waals surface area contributed by atoms with Gasteiger partial charge in [0.05, 0.1) is 12.0 Å². The maximum absolute atomic E-state index is 5.42. The summed E-state index contributed by atoms with van der Waals surface area (Å²) in [6.45, 7) is 4.06. The summed E-state index contributed by atoms with van der Waals surface area (Å²) >= 11 is 0. The first-order chi connectivity index (χ1) is 8.38. The Kier molecular flexibility index (Phi) is 4.10. The van der Waals surface area contributed by atoms with E-state index < -0.39 is 0 Å². The number of nitrogens with one attached hydrogen (secondary N) is 1. The lowest BCUT2D eigenvalue weighted by molar-refractivity contribution is 0.257. The Morgan fingerprint density at radius 1 is 1.29 bits per heavy atom. The van der Waals surface area contributed by atoms with Crippen molar-refractivity contribution in [1.82, 2.24) is 15.5 Å². The van der Waals surface area contributed by atoms with Crippen molar-refractivity contribution in [2.75, 3.05) is 6.54 Å². The summed E-state index contributed by atoms with van der Waals surface area (Å²) < 4.78 is 10.6. The first-order valence-electron chi connectivity index (χ1n) is 5.57. The Bertz CT molecular complexity index is 426. The van der Waals surface area contributed by atoms with E-state index in [9.17, 15) is 0 Å². The highest BCUT2D eigenvalue weighted by Crippen LogP contribution is 2.08. The maximum atomic E-state index is 5.42. The molecule has 0 fully saturated rings. The van der Waals surface area contributed by atoms with E-state index in [0.717, 1.165) is 24.5 Å². The summed E-state index contributed by atoms with van der Waals surface area (Å²) in [6, 6.07) is 7.38. The topological polar surface area (TPSA) is 60.2 Å². The monoisotopic (exact) mass is 233 g/mol.